The third kappa shape index (κ3) is 0.975. The van der Waals surface area contributed by atoms with Crippen LogP contribution in [0.25, 0.3) is 0 Å². The predicted molar refractivity (Wildman–Crippen MR) is 32.5 cm³/mol. The van der Waals surface area contributed by atoms with Gasteiger partial charge in [0, 0.05) is 0 Å². The summed E-state index contributed by atoms with van der Waals surface area (Å²) in [5, 5.41) is 16.0. The number of hydrogen-bond donors (Lipinski definition) is 2. The largest absolute Gasteiger partial charge is 0.424 e. The molecule has 1 heterocycles. The van der Waals surface area contributed by atoms with E-state index in [1.54, 1.807) is 13.8 Å². The molecule has 0 saturated heterocycles. The summed E-state index contributed by atoms with van der Waals surface area (Å²) in [4.78, 5) is 7.42. The van der Waals surface area contributed by atoms with Crippen LogP contribution in [0.4, 0.5) is 0 Å². The highest BCUT2D eigenvalue weighted by Crippen LogP contribution is 1.84. The zero-order valence-corrected chi connectivity index (χ0v) is 5.79. The Kier molecular flexibility index (Phi) is 1.41. The molecule has 5 nitrogen and oxygen atoms in total. The van der Waals surface area contributed by atoms with Crippen LogP contribution in [-0.2, 0) is 0 Å². The van der Waals surface area contributed by atoms with Gasteiger partial charge in [0.1, 0.15) is 11.6 Å². The van der Waals surface area contributed by atoms with E-state index in [4.69, 9.17) is 10.6 Å². The van der Waals surface area contributed by atoms with Crippen molar-refractivity contribution in [1.29, 1.82) is 5.41 Å². The van der Waals surface area contributed by atoms with Crippen molar-refractivity contribution in [2.45, 2.75) is 13.8 Å². The molecule has 0 radical (unpaired) electrons. The first-order valence-electron chi connectivity index (χ1n) is 2.79. The first kappa shape index (κ1) is 6.73. The average molecular weight is 140 g/mol. The highest BCUT2D eigenvalue weighted by molar-refractivity contribution is 4.85. The second-order valence-corrected chi connectivity index (χ2v) is 1.95. The fourth-order valence-corrected chi connectivity index (χ4v) is 0.660. The van der Waals surface area contributed by atoms with Gasteiger partial charge in [0.25, 0.3) is 5.62 Å². The van der Waals surface area contributed by atoms with E-state index in [0.29, 0.717) is 16.4 Å². The van der Waals surface area contributed by atoms with Gasteiger partial charge in [0.15, 0.2) is 0 Å². The standard InChI is InChI=1S/C5H8N4O/c1-3-7-4(2)9(10)5(6)8-3/h6,10H,1-2H3. The Bertz CT molecular complexity index is 303. The molecule has 0 aromatic carbocycles. The van der Waals surface area contributed by atoms with Crippen LogP contribution in [0.3, 0.4) is 0 Å². The number of nitrogens with zero attached hydrogens (tertiary/aromatic N) is 3. The topological polar surface area (TPSA) is 74.8 Å². The molecule has 0 aliphatic heterocycles. The van der Waals surface area contributed by atoms with Gasteiger partial charge in [0.2, 0.25) is 0 Å². The molecule has 0 unspecified atom stereocenters. The molecule has 5 heteroatoms. The summed E-state index contributed by atoms with van der Waals surface area (Å²) in [7, 11) is 0. The maximum atomic E-state index is 8.93. The molecule has 0 aliphatic rings. The summed E-state index contributed by atoms with van der Waals surface area (Å²) >= 11 is 0. The maximum Gasteiger partial charge on any atom is 0.258 e. The van der Waals surface area contributed by atoms with E-state index in [1.165, 1.54) is 0 Å². The highest BCUT2D eigenvalue weighted by Gasteiger charge is 1.96. The van der Waals surface area contributed by atoms with Crippen molar-refractivity contribution in [2.75, 3.05) is 0 Å². The molecule has 1 aromatic heterocycles. The number of aryl methyl sites for hydroxylation is 2. The van der Waals surface area contributed by atoms with Gasteiger partial charge in [-0.15, -0.1) is 4.73 Å². The Hall–Kier alpha value is -1.39. The molecular weight excluding hydrogens is 132 g/mol. The van der Waals surface area contributed by atoms with E-state index in [-0.39, 0.29) is 5.62 Å². The molecule has 1 rings (SSSR count). The van der Waals surface area contributed by atoms with Crippen LogP contribution in [0, 0.1) is 19.3 Å². The van der Waals surface area contributed by atoms with Crippen LogP contribution in [0.5, 0.6) is 0 Å². The molecule has 0 fully saturated rings. The molecular formula is C5H8N4O. The van der Waals surface area contributed by atoms with Crippen molar-refractivity contribution in [3.05, 3.63) is 17.3 Å². The van der Waals surface area contributed by atoms with E-state index < -0.39 is 0 Å². The second-order valence-electron chi connectivity index (χ2n) is 1.95. The van der Waals surface area contributed by atoms with Gasteiger partial charge in [-0.05, 0) is 13.8 Å². The molecule has 0 bridgehead atoms. The molecule has 10 heavy (non-hydrogen) atoms. The van der Waals surface area contributed by atoms with Gasteiger partial charge in [-0.3, -0.25) is 5.41 Å². The van der Waals surface area contributed by atoms with Crippen LogP contribution in [-0.4, -0.2) is 19.9 Å². The van der Waals surface area contributed by atoms with E-state index in [1.807, 2.05) is 0 Å². The van der Waals surface area contributed by atoms with Gasteiger partial charge < -0.3 is 5.21 Å². The predicted octanol–water partition coefficient (Wildman–Crippen LogP) is -0.388. The summed E-state index contributed by atoms with van der Waals surface area (Å²) in [6, 6.07) is 0. The summed E-state index contributed by atoms with van der Waals surface area (Å²) < 4.78 is 0.632. The molecule has 1 aromatic rings. The number of nitrogens with one attached hydrogen (secondary N) is 1. The molecule has 54 valence electrons. The Balaban J connectivity index is 3.46. The maximum absolute atomic E-state index is 8.93. The summed E-state index contributed by atoms with van der Waals surface area (Å²) in [5.41, 5.74) is -0.190. The zero-order valence-electron chi connectivity index (χ0n) is 5.79. The Morgan fingerprint density at radius 3 is 2.50 bits per heavy atom. The van der Waals surface area contributed by atoms with Crippen LogP contribution >= 0.6 is 0 Å². The van der Waals surface area contributed by atoms with E-state index in [2.05, 4.69) is 9.97 Å². The lowest BCUT2D eigenvalue weighted by Gasteiger charge is -1.99. The van der Waals surface area contributed by atoms with Crippen molar-refractivity contribution in [1.82, 2.24) is 14.7 Å². The van der Waals surface area contributed by atoms with E-state index in [0.717, 1.165) is 0 Å². The third-order valence-corrected chi connectivity index (χ3v) is 1.10. The van der Waals surface area contributed by atoms with Gasteiger partial charge in [-0.1, -0.05) is 0 Å². The minimum absolute atomic E-state index is 0.190. The Labute approximate surface area is 57.5 Å². The Morgan fingerprint density at radius 2 is 2.00 bits per heavy atom. The normalized spacial score (nSPS) is 9.80. The molecule has 0 spiro atoms. The number of hydrogen-bond acceptors (Lipinski definition) is 4. The molecule has 2 N–H and O–H groups in total. The first-order valence-corrected chi connectivity index (χ1v) is 2.79. The fourth-order valence-electron chi connectivity index (χ4n) is 0.660. The average Bonchev–Trinajstić information content (AvgIpc) is 1.82. The van der Waals surface area contributed by atoms with Gasteiger partial charge in [-0.2, -0.15) is 4.98 Å². The van der Waals surface area contributed by atoms with Crippen molar-refractivity contribution in [3.8, 4) is 0 Å². The molecule has 0 saturated carbocycles. The van der Waals surface area contributed by atoms with Crippen LogP contribution in [0.1, 0.15) is 11.6 Å². The molecule has 0 amide bonds. The van der Waals surface area contributed by atoms with E-state index in [9.17, 15) is 0 Å². The van der Waals surface area contributed by atoms with Crippen molar-refractivity contribution >= 4 is 0 Å². The lowest BCUT2D eigenvalue weighted by Crippen LogP contribution is -2.25. The third-order valence-electron chi connectivity index (χ3n) is 1.10. The second kappa shape index (κ2) is 2.09. The number of rotatable bonds is 0. The monoisotopic (exact) mass is 140 g/mol. The van der Waals surface area contributed by atoms with Crippen LogP contribution in [0.15, 0.2) is 0 Å². The molecule has 0 atom stereocenters. The summed E-state index contributed by atoms with van der Waals surface area (Å²) in [5.74, 6) is 0.866. The minimum Gasteiger partial charge on any atom is -0.424 e. The SMILES string of the molecule is Cc1nc(C)n(O)c(=N)n1. The molecule has 0 aliphatic carbocycles. The lowest BCUT2D eigenvalue weighted by molar-refractivity contribution is 0.152. The summed E-state index contributed by atoms with van der Waals surface area (Å²) in [6.45, 7) is 3.28. The van der Waals surface area contributed by atoms with Gasteiger partial charge in [-0.25, -0.2) is 4.98 Å². The zero-order chi connectivity index (χ0) is 7.72. The highest BCUT2D eigenvalue weighted by atomic mass is 16.5. The van der Waals surface area contributed by atoms with Crippen LogP contribution in [0.2, 0.25) is 0 Å². The summed E-state index contributed by atoms with van der Waals surface area (Å²) in [6.07, 6.45) is 0. The quantitative estimate of drug-likeness (QED) is 0.482. The fraction of sp³-hybridized carbons (Fsp3) is 0.400. The van der Waals surface area contributed by atoms with E-state index >= 15 is 0 Å². The van der Waals surface area contributed by atoms with Crippen molar-refractivity contribution in [3.63, 3.8) is 0 Å². The number of aromatic nitrogens is 3. The Morgan fingerprint density at radius 1 is 1.40 bits per heavy atom. The van der Waals surface area contributed by atoms with Gasteiger partial charge in [0.05, 0.1) is 0 Å². The lowest BCUT2D eigenvalue weighted by atomic mass is 10.6. The minimum atomic E-state index is -0.190. The van der Waals surface area contributed by atoms with Gasteiger partial charge >= 0.3 is 0 Å². The van der Waals surface area contributed by atoms with Crippen molar-refractivity contribution in [2.24, 2.45) is 0 Å². The van der Waals surface area contributed by atoms with Crippen LogP contribution < -0.4 is 5.62 Å². The first-order chi connectivity index (χ1) is 4.61. The smallest absolute Gasteiger partial charge is 0.258 e. The van der Waals surface area contributed by atoms with Crippen molar-refractivity contribution < 1.29 is 5.21 Å².